The molecule has 1 aliphatic rings. The summed E-state index contributed by atoms with van der Waals surface area (Å²) in [4.78, 5) is 12.6. The van der Waals surface area contributed by atoms with E-state index in [2.05, 4.69) is 28.8 Å². The van der Waals surface area contributed by atoms with E-state index in [1.165, 1.54) is 11.4 Å². The lowest BCUT2D eigenvalue weighted by molar-refractivity contribution is 0.141. The summed E-state index contributed by atoms with van der Waals surface area (Å²) in [5.41, 5.74) is 1.18. The van der Waals surface area contributed by atoms with Gasteiger partial charge in [0.25, 0.3) is 0 Å². The molecule has 1 unspecified atom stereocenters. The molecule has 0 saturated heterocycles. The summed E-state index contributed by atoms with van der Waals surface area (Å²) in [5, 5.41) is 11.8. The molecular weight excluding hydrogens is 230 g/mol. The average molecular weight is 247 g/mol. The second-order valence-electron chi connectivity index (χ2n) is 5.12. The number of aromatic nitrogens is 4. The average Bonchev–Trinajstić information content (AvgIpc) is 2.74. The minimum Gasteiger partial charge on any atom is -0.326 e. The first-order valence-electron chi connectivity index (χ1n) is 6.30. The third kappa shape index (κ3) is 1.49. The molecule has 0 aromatic carbocycles. The number of rotatable bonds is 2. The van der Waals surface area contributed by atoms with Gasteiger partial charge in [-0.15, -0.1) is 0 Å². The molecule has 3 rings (SSSR count). The van der Waals surface area contributed by atoms with Crippen molar-refractivity contribution in [2.75, 3.05) is 5.06 Å². The van der Waals surface area contributed by atoms with Crippen molar-refractivity contribution in [2.45, 2.75) is 45.2 Å². The highest BCUT2D eigenvalue weighted by atomic mass is 16.5. The summed E-state index contributed by atoms with van der Waals surface area (Å²) < 4.78 is 2.02. The zero-order chi connectivity index (χ0) is 12.8. The van der Waals surface area contributed by atoms with E-state index in [0.717, 1.165) is 31.3 Å². The van der Waals surface area contributed by atoms with Crippen LogP contribution in [0.2, 0.25) is 0 Å². The number of hydrogen-bond acceptors (Lipinski definition) is 5. The number of nitrogens with zero attached hydrogens (tertiary/aromatic N) is 5. The fraction of sp³-hybridized carbons (Fsp3) is 0.583. The standard InChI is InChI=1S/C12H17N5O/c1-3-4-12(2)5-6-16-8-15-10-9(16)11(17(12)18)14-7-13-10/h7-8,18H,3-6H2,1-2H3. The minimum absolute atomic E-state index is 0.283. The quantitative estimate of drug-likeness (QED) is 0.879. The van der Waals surface area contributed by atoms with Crippen molar-refractivity contribution in [3.63, 3.8) is 0 Å². The van der Waals surface area contributed by atoms with Gasteiger partial charge in [0, 0.05) is 6.54 Å². The maximum Gasteiger partial charge on any atom is 0.183 e. The molecule has 1 aliphatic heterocycles. The Kier molecular flexibility index (Phi) is 2.48. The Bertz CT molecular complexity index is 581. The highest BCUT2D eigenvalue weighted by molar-refractivity contribution is 5.83. The van der Waals surface area contributed by atoms with Gasteiger partial charge in [0.1, 0.15) is 11.8 Å². The Morgan fingerprint density at radius 2 is 2.22 bits per heavy atom. The van der Waals surface area contributed by atoms with E-state index in [-0.39, 0.29) is 5.54 Å². The molecule has 0 spiro atoms. The normalized spacial score (nSPS) is 23.4. The predicted octanol–water partition coefficient (Wildman–Crippen LogP) is 1.98. The Morgan fingerprint density at radius 3 is 3.00 bits per heavy atom. The maximum absolute atomic E-state index is 10.5. The van der Waals surface area contributed by atoms with Crippen molar-refractivity contribution < 1.29 is 5.21 Å². The summed E-state index contributed by atoms with van der Waals surface area (Å²) in [6, 6.07) is 0. The number of anilines is 1. The van der Waals surface area contributed by atoms with Crippen LogP contribution in [0.1, 0.15) is 33.1 Å². The van der Waals surface area contributed by atoms with Crippen LogP contribution in [0.5, 0.6) is 0 Å². The first-order chi connectivity index (χ1) is 8.65. The summed E-state index contributed by atoms with van der Waals surface area (Å²) in [6.45, 7) is 5.02. The molecule has 0 fully saturated rings. The van der Waals surface area contributed by atoms with E-state index in [1.807, 2.05) is 4.57 Å². The van der Waals surface area contributed by atoms with Crippen LogP contribution in [0.25, 0.3) is 11.2 Å². The molecule has 18 heavy (non-hydrogen) atoms. The highest BCUT2D eigenvalue weighted by Gasteiger charge is 2.35. The third-order valence-corrected chi connectivity index (χ3v) is 3.78. The Labute approximate surface area is 105 Å². The molecule has 1 atom stereocenters. The Balaban J connectivity index is 2.18. The van der Waals surface area contributed by atoms with Gasteiger partial charge in [-0.25, -0.2) is 20.0 Å². The molecule has 0 amide bonds. The SMILES string of the molecule is CCCC1(C)CCn2cnc3ncnc(c32)N1O. The fourth-order valence-corrected chi connectivity index (χ4v) is 2.71. The molecule has 0 bridgehead atoms. The molecule has 6 heteroatoms. The van der Waals surface area contributed by atoms with E-state index in [1.54, 1.807) is 6.33 Å². The van der Waals surface area contributed by atoms with Crippen molar-refractivity contribution in [3.05, 3.63) is 12.7 Å². The van der Waals surface area contributed by atoms with Crippen LogP contribution in [0.15, 0.2) is 12.7 Å². The summed E-state index contributed by atoms with van der Waals surface area (Å²) in [5.74, 6) is 0.561. The lowest BCUT2D eigenvalue weighted by Gasteiger charge is -2.35. The van der Waals surface area contributed by atoms with E-state index in [9.17, 15) is 5.21 Å². The fourth-order valence-electron chi connectivity index (χ4n) is 2.71. The van der Waals surface area contributed by atoms with Crippen LogP contribution in [-0.2, 0) is 6.54 Å². The lowest BCUT2D eigenvalue weighted by Crippen LogP contribution is -2.44. The molecule has 0 aliphatic carbocycles. The molecule has 6 nitrogen and oxygen atoms in total. The zero-order valence-corrected chi connectivity index (χ0v) is 10.7. The summed E-state index contributed by atoms with van der Waals surface area (Å²) >= 11 is 0. The molecule has 0 radical (unpaired) electrons. The third-order valence-electron chi connectivity index (χ3n) is 3.78. The van der Waals surface area contributed by atoms with E-state index in [4.69, 9.17) is 0 Å². The first-order valence-corrected chi connectivity index (χ1v) is 6.30. The highest BCUT2D eigenvalue weighted by Crippen LogP contribution is 2.35. The molecule has 96 valence electrons. The van der Waals surface area contributed by atoms with Gasteiger partial charge in [-0.05, 0) is 19.8 Å². The van der Waals surface area contributed by atoms with E-state index >= 15 is 0 Å². The van der Waals surface area contributed by atoms with Crippen LogP contribution in [-0.4, -0.2) is 30.3 Å². The molecular formula is C12H17N5O. The number of imidazole rings is 1. The van der Waals surface area contributed by atoms with Crippen molar-refractivity contribution in [3.8, 4) is 0 Å². The molecule has 0 saturated carbocycles. The van der Waals surface area contributed by atoms with Crippen molar-refractivity contribution in [1.29, 1.82) is 0 Å². The second-order valence-corrected chi connectivity index (χ2v) is 5.12. The summed E-state index contributed by atoms with van der Waals surface area (Å²) in [7, 11) is 0. The van der Waals surface area contributed by atoms with Gasteiger partial charge < -0.3 is 4.57 Å². The van der Waals surface area contributed by atoms with Gasteiger partial charge in [0.05, 0.1) is 11.9 Å². The molecule has 2 aromatic rings. The Hall–Kier alpha value is -1.69. The predicted molar refractivity (Wildman–Crippen MR) is 67.5 cm³/mol. The van der Waals surface area contributed by atoms with Gasteiger partial charge in [0.15, 0.2) is 11.5 Å². The topological polar surface area (TPSA) is 67.1 Å². The van der Waals surface area contributed by atoms with E-state index < -0.39 is 0 Å². The van der Waals surface area contributed by atoms with Gasteiger partial charge in [-0.1, -0.05) is 13.3 Å². The van der Waals surface area contributed by atoms with Crippen LogP contribution >= 0.6 is 0 Å². The number of hydrogen-bond donors (Lipinski definition) is 1. The number of hydroxylamine groups is 1. The van der Waals surface area contributed by atoms with Crippen LogP contribution in [0.4, 0.5) is 5.82 Å². The van der Waals surface area contributed by atoms with Gasteiger partial charge in [-0.2, -0.15) is 0 Å². The van der Waals surface area contributed by atoms with Crippen LogP contribution in [0.3, 0.4) is 0 Å². The molecule has 3 heterocycles. The molecule has 1 N–H and O–H groups in total. The lowest BCUT2D eigenvalue weighted by atomic mass is 9.92. The van der Waals surface area contributed by atoms with Crippen molar-refractivity contribution in [2.24, 2.45) is 0 Å². The number of aryl methyl sites for hydroxylation is 1. The van der Waals surface area contributed by atoms with Crippen LogP contribution < -0.4 is 5.06 Å². The smallest absolute Gasteiger partial charge is 0.183 e. The van der Waals surface area contributed by atoms with E-state index in [0.29, 0.717) is 11.5 Å². The van der Waals surface area contributed by atoms with Crippen molar-refractivity contribution in [1.82, 2.24) is 19.5 Å². The summed E-state index contributed by atoms with van der Waals surface area (Å²) in [6.07, 6.45) is 6.03. The molecule has 2 aromatic heterocycles. The zero-order valence-electron chi connectivity index (χ0n) is 10.7. The minimum atomic E-state index is -0.283. The Morgan fingerprint density at radius 1 is 1.39 bits per heavy atom. The monoisotopic (exact) mass is 247 g/mol. The maximum atomic E-state index is 10.5. The van der Waals surface area contributed by atoms with Crippen molar-refractivity contribution >= 4 is 17.0 Å². The van der Waals surface area contributed by atoms with Gasteiger partial charge in [0.2, 0.25) is 0 Å². The van der Waals surface area contributed by atoms with Gasteiger partial charge in [-0.3, -0.25) is 5.21 Å². The second kappa shape index (κ2) is 3.91. The first kappa shape index (κ1) is 11.4. The van der Waals surface area contributed by atoms with Crippen LogP contribution in [0, 0.1) is 0 Å². The van der Waals surface area contributed by atoms with Gasteiger partial charge >= 0.3 is 0 Å². The largest absolute Gasteiger partial charge is 0.326 e.